The lowest BCUT2D eigenvalue weighted by molar-refractivity contribution is -0.119. The van der Waals surface area contributed by atoms with Crippen LogP contribution in [0.2, 0.25) is 0 Å². The van der Waals surface area contributed by atoms with Crippen molar-refractivity contribution in [1.29, 1.82) is 0 Å². The van der Waals surface area contributed by atoms with E-state index in [-0.39, 0.29) is 11.7 Å². The Kier molecular flexibility index (Phi) is 4.47. The smallest absolute Gasteiger partial charge is 0.217 e. The molecule has 1 heterocycles. The second kappa shape index (κ2) is 6.29. The van der Waals surface area contributed by atoms with E-state index >= 15 is 0 Å². The first kappa shape index (κ1) is 14.2. The molecular formula is C14H15N3O2S. The monoisotopic (exact) mass is 289 g/mol. The molecule has 6 heteroatoms. The highest BCUT2D eigenvalue weighted by molar-refractivity contribution is 7.13. The Morgan fingerprint density at radius 1 is 1.20 bits per heavy atom. The fourth-order valence-electron chi connectivity index (χ4n) is 1.57. The summed E-state index contributed by atoms with van der Waals surface area (Å²) in [5.74, 6) is -0.0317. The van der Waals surface area contributed by atoms with Gasteiger partial charge in [0.1, 0.15) is 0 Å². The van der Waals surface area contributed by atoms with Crippen LogP contribution in [0.4, 0.5) is 10.8 Å². The molecule has 0 saturated heterocycles. The fraction of sp³-hybridized carbons (Fsp3) is 0.214. The van der Waals surface area contributed by atoms with Crippen LogP contribution in [0.25, 0.3) is 0 Å². The number of nitrogens with zero attached hydrogens (tertiary/aromatic N) is 1. The molecular weight excluding hydrogens is 274 g/mol. The molecule has 0 saturated carbocycles. The highest BCUT2D eigenvalue weighted by Crippen LogP contribution is 2.21. The van der Waals surface area contributed by atoms with Crippen molar-refractivity contribution in [3.8, 4) is 0 Å². The minimum Gasteiger partial charge on any atom is -0.351 e. The molecule has 0 bridgehead atoms. The zero-order valence-electron chi connectivity index (χ0n) is 11.3. The first-order valence-electron chi connectivity index (χ1n) is 6.11. The second-order valence-electron chi connectivity index (χ2n) is 4.31. The van der Waals surface area contributed by atoms with E-state index in [1.165, 1.54) is 25.2 Å². The maximum atomic E-state index is 11.2. The molecule has 0 spiro atoms. The molecule has 0 aliphatic heterocycles. The maximum absolute atomic E-state index is 11.2. The summed E-state index contributed by atoms with van der Waals surface area (Å²) in [5, 5.41) is 8.50. The van der Waals surface area contributed by atoms with Crippen LogP contribution in [0.3, 0.4) is 0 Å². The number of rotatable bonds is 5. The molecule has 0 aliphatic carbocycles. The zero-order chi connectivity index (χ0) is 14.5. The van der Waals surface area contributed by atoms with E-state index in [0.29, 0.717) is 12.1 Å². The number of aromatic nitrogens is 1. The summed E-state index contributed by atoms with van der Waals surface area (Å²) >= 11 is 1.47. The van der Waals surface area contributed by atoms with E-state index < -0.39 is 0 Å². The molecule has 1 amide bonds. The molecule has 20 heavy (non-hydrogen) atoms. The van der Waals surface area contributed by atoms with Crippen molar-refractivity contribution < 1.29 is 9.59 Å². The van der Waals surface area contributed by atoms with E-state index in [2.05, 4.69) is 15.6 Å². The van der Waals surface area contributed by atoms with E-state index in [9.17, 15) is 9.59 Å². The van der Waals surface area contributed by atoms with Crippen molar-refractivity contribution in [2.45, 2.75) is 20.4 Å². The number of carbonyl (C=O) groups is 2. The molecule has 0 unspecified atom stereocenters. The highest BCUT2D eigenvalue weighted by Gasteiger charge is 2.04. The van der Waals surface area contributed by atoms with Gasteiger partial charge in [-0.25, -0.2) is 4.98 Å². The van der Waals surface area contributed by atoms with Gasteiger partial charge in [0.25, 0.3) is 0 Å². The Balaban J connectivity index is 1.99. The quantitative estimate of drug-likeness (QED) is 0.830. The SMILES string of the molecule is CC(=O)NCc1csc(Nc2ccc(C(C)=O)cc2)n1. The Morgan fingerprint density at radius 2 is 1.90 bits per heavy atom. The molecule has 0 radical (unpaired) electrons. The van der Waals surface area contributed by atoms with Crippen LogP contribution in [0.5, 0.6) is 0 Å². The van der Waals surface area contributed by atoms with Crippen molar-refractivity contribution >= 4 is 33.8 Å². The number of ketones is 1. The number of anilines is 2. The number of amides is 1. The van der Waals surface area contributed by atoms with Gasteiger partial charge < -0.3 is 10.6 Å². The summed E-state index contributed by atoms with van der Waals surface area (Å²) in [6, 6.07) is 7.23. The number of hydrogen-bond acceptors (Lipinski definition) is 5. The van der Waals surface area contributed by atoms with Gasteiger partial charge in [-0.1, -0.05) is 0 Å². The average Bonchev–Trinajstić information content (AvgIpc) is 2.84. The van der Waals surface area contributed by atoms with Gasteiger partial charge in [-0.3, -0.25) is 9.59 Å². The van der Waals surface area contributed by atoms with E-state index in [4.69, 9.17) is 0 Å². The molecule has 1 aromatic heterocycles. The van der Waals surface area contributed by atoms with Gasteiger partial charge in [0.2, 0.25) is 5.91 Å². The van der Waals surface area contributed by atoms with Crippen molar-refractivity contribution in [2.75, 3.05) is 5.32 Å². The number of thiazole rings is 1. The molecule has 0 aliphatic rings. The predicted octanol–water partition coefficient (Wildman–Crippen LogP) is 2.73. The molecule has 104 valence electrons. The predicted molar refractivity (Wildman–Crippen MR) is 79.4 cm³/mol. The van der Waals surface area contributed by atoms with E-state index in [1.54, 1.807) is 12.1 Å². The lowest BCUT2D eigenvalue weighted by Crippen LogP contribution is -2.18. The second-order valence-corrected chi connectivity index (χ2v) is 5.17. The van der Waals surface area contributed by atoms with Crippen LogP contribution in [-0.2, 0) is 11.3 Å². The average molecular weight is 289 g/mol. The molecule has 2 N–H and O–H groups in total. The van der Waals surface area contributed by atoms with Gasteiger partial charge in [-0.2, -0.15) is 0 Å². The zero-order valence-corrected chi connectivity index (χ0v) is 12.1. The van der Waals surface area contributed by atoms with Crippen LogP contribution < -0.4 is 10.6 Å². The van der Waals surface area contributed by atoms with Crippen molar-refractivity contribution in [3.05, 3.63) is 40.9 Å². The number of benzene rings is 1. The Morgan fingerprint density at radius 3 is 2.50 bits per heavy atom. The fourth-order valence-corrected chi connectivity index (χ4v) is 2.30. The van der Waals surface area contributed by atoms with Crippen LogP contribution in [0.15, 0.2) is 29.6 Å². The summed E-state index contributed by atoms with van der Waals surface area (Å²) in [4.78, 5) is 26.4. The molecule has 0 atom stereocenters. The summed E-state index contributed by atoms with van der Waals surface area (Å²) in [6.45, 7) is 3.44. The van der Waals surface area contributed by atoms with Gasteiger partial charge in [-0.15, -0.1) is 11.3 Å². The van der Waals surface area contributed by atoms with Crippen LogP contribution >= 0.6 is 11.3 Å². The third-order valence-electron chi connectivity index (χ3n) is 2.61. The number of Topliss-reactive ketones (excluding diaryl/α,β-unsaturated/α-hetero) is 1. The highest BCUT2D eigenvalue weighted by atomic mass is 32.1. The summed E-state index contributed by atoms with van der Waals surface area (Å²) in [5.41, 5.74) is 2.37. The number of carbonyl (C=O) groups excluding carboxylic acids is 2. The lowest BCUT2D eigenvalue weighted by atomic mass is 10.1. The maximum Gasteiger partial charge on any atom is 0.217 e. The lowest BCUT2D eigenvalue weighted by Gasteiger charge is -2.03. The van der Waals surface area contributed by atoms with Crippen molar-refractivity contribution in [3.63, 3.8) is 0 Å². The first-order chi connectivity index (χ1) is 9.54. The molecule has 0 fully saturated rings. The first-order valence-corrected chi connectivity index (χ1v) is 6.99. The van der Waals surface area contributed by atoms with Crippen molar-refractivity contribution in [2.24, 2.45) is 0 Å². The third-order valence-corrected chi connectivity index (χ3v) is 3.42. The topological polar surface area (TPSA) is 71.1 Å². The molecule has 2 rings (SSSR count). The summed E-state index contributed by atoms with van der Waals surface area (Å²) < 4.78 is 0. The molecule has 5 nitrogen and oxygen atoms in total. The Hall–Kier alpha value is -2.21. The molecule has 1 aromatic carbocycles. The Labute approximate surface area is 121 Å². The summed E-state index contributed by atoms with van der Waals surface area (Å²) in [7, 11) is 0. The van der Waals surface area contributed by atoms with Crippen LogP contribution in [0, 0.1) is 0 Å². The largest absolute Gasteiger partial charge is 0.351 e. The Bertz CT molecular complexity index is 620. The van der Waals surface area contributed by atoms with Gasteiger partial charge >= 0.3 is 0 Å². The van der Waals surface area contributed by atoms with Crippen LogP contribution in [-0.4, -0.2) is 16.7 Å². The van der Waals surface area contributed by atoms with Gasteiger partial charge in [-0.05, 0) is 31.2 Å². The van der Waals surface area contributed by atoms with Gasteiger partial charge in [0.15, 0.2) is 10.9 Å². The number of nitrogens with one attached hydrogen (secondary N) is 2. The van der Waals surface area contributed by atoms with Crippen molar-refractivity contribution in [1.82, 2.24) is 10.3 Å². The van der Waals surface area contributed by atoms with Gasteiger partial charge in [0.05, 0.1) is 12.2 Å². The third kappa shape index (κ3) is 3.89. The van der Waals surface area contributed by atoms with Gasteiger partial charge in [0, 0.05) is 23.6 Å². The standard InChI is InChI=1S/C14H15N3O2S/c1-9(18)11-3-5-12(6-4-11)16-14-17-13(8-20-14)7-15-10(2)19/h3-6,8H,7H2,1-2H3,(H,15,19)(H,16,17). The van der Waals surface area contributed by atoms with E-state index in [0.717, 1.165) is 16.5 Å². The molecule has 2 aromatic rings. The van der Waals surface area contributed by atoms with Crippen LogP contribution in [0.1, 0.15) is 29.9 Å². The van der Waals surface area contributed by atoms with E-state index in [1.807, 2.05) is 17.5 Å². The normalized spacial score (nSPS) is 10.1. The number of hydrogen-bond donors (Lipinski definition) is 2. The minimum absolute atomic E-state index is 0.0448. The minimum atomic E-state index is -0.0765. The summed E-state index contributed by atoms with van der Waals surface area (Å²) in [6.07, 6.45) is 0.